The number of halogens is 3. The molecule has 4 saturated carbocycles. The molecular formula is C42H60BF3N4O8. The molecule has 0 unspecified atom stereocenters. The number of rotatable bonds is 9. The number of alkyl carbamates (subject to hydrolysis) is 1. The van der Waals surface area contributed by atoms with Crippen molar-refractivity contribution in [2.24, 2.45) is 23.2 Å². The van der Waals surface area contributed by atoms with Crippen LogP contribution in [0.5, 0.6) is 0 Å². The molecule has 8 rings (SSSR count). The molecule has 7 aliphatic rings. The Morgan fingerprint density at radius 3 is 2.34 bits per heavy atom. The zero-order valence-corrected chi connectivity index (χ0v) is 34.9. The maximum Gasteiger partial charge on any atom is 0.481 e. The predicted octanol–water partition coefficient (Wildman–Crippen LogP) is 7.15. The molecule has 0 spiro atoms. The zero-order chi connectivity index (χ0) is 41.9. The molecule has 320 valence electrons. The smallest absolute Gasteiger partial charge is 0.444 e. The van der Waals surface area contributed by atoms with Crippen LogP contribution >= 0.6 is 0 Å². The summed E-state index contributed by atoms with van der Waals surface area (Å²) in [5.41, 5.74) is -0.998. The molecule has 2 bridgehead atoms. The van der Waals surface area contributed by atoms with Gasteiger partial charge in [0.15, 0.2) is 0 Å². The van der Waals surface area contributed by atoms with E-state index in [1.165, 1.54) is 15.9 Å². The molecule has 8 atom stereocenters. The summed E-state index contributed by atoms with van der Waals surface area (Å²) in [6.07, 6.45) is 0.412. The summed E-state index contributed by atoms with van der Waals surface area (Å²) in [5, 5.41) is 6.01. The van der Waals surface area contributed by atoms with E-state index in [9.17, 15) is 32.3 Å². The van der Waals surface area contributed by atoms with E-state index in [4.69, 9.17) is 18.8 Å². The maximum absolute atomic E-state index is 14.8. The van der Waals surface area contributed by atoms with E-state index in [1.54, 1.807) is 20.8 Å². The average molecular weight is 817 g/mol. The van der Waals surface area contributed by atoms with Crippen molar-refractivity contribution in [3.63, 3.8) is 0 Å². The summed E-state index contributed by atoms with van der Waals surface area (Å²) in [4.78, 5) is 58.9. The maximum atomic E-state index is 14.8. The van der Waals surface area contributed by atoms with Crippen LogP contribution in [0, 0.1) is 23.2 Å². The second kappa shape index (κ2) is 15.8. The van der Waals surface area contributed by atoms with E-state index in [-0.39, 0.29) is 43.5 Å². The van der Waals surface area contributed by atoms with Gasteiger partial charge >= 0.3 is 25.5 Å². The lowest BCUT2D eigenvalue weighted by Crippen LogP contribution is -2.65. The molecule has 2 saturated heterocycles. The van der Waals surface area contributed by atoms with E-state index in [2.05, 4.69) is 31.4 Å². The van der Waals surface area contributed by atoms with Gasteiger partial charge < -0.3 is 34.3 Å². The number of ether oxygens (including phenoxy) is 2. The minimum absolute atomic E-state index is 0.0182. The van der Waals surface area contributed by atoms with Gasteiger partial charge in [0.2, 0.25) is 11.8 Å². The molecule has 12 nitrogen and oxygen atoms in total. The van der Waals surface area contributed by atoms with Crippen molar-refractivity contribution in [3.8, 4) is 0 Å². The van der Waals surface area contributed by atoms with Crippen LogP contribution in [0.2, 0.25) is 0 Å². The van der Waals surface area contributed by atoms with Crippen molar-refractivity contribution in [2.45, 2.75) is 173 Å². The number of benzene rings is 1. The Bertz CT molecular complexity index is 1750. The number of likely N-dealkylation sites (tertiary alicyclic amines) is 1. The van der Waals surface area contributed by atoms with Gasteiger partial charge in [0, 0.05) is 19.5 Å². The fourth-order valence-electron chi connectivity index (χ4n) is 10.7. The van der Waals surface area contributed by atoms with E-state index < -0.39 is 78.2 Å². The number of carbonyl (C=O) groups is 4. The van der Waals surface area contributed by atoms with Crippen LogP contribution in [0.4, 0.5) is 22.8 Å². The van der Waals surface area contributed by atoms with Crippen LogP contribution in [0.25, 0.3) is 0 Å². The lowest BCUT2D eigenvalue weighted by atomic mass is 9.43. The Morgan fingerprint density at radius 1 is 0.983 bits per heavy atom. The first-order valence-corrected chi connectivity index (χ1v) is 21.3. The molecular weight excluding hydrogens is 756 g/mol. The van der Waals surface area contributed by atoms with Crippen molar-refractivity contribution in [3.05, 3.63) is 34.9 Å². The summed E-state index contributed by atoms with van der Waals surface area (Å²) in [7, 11) is -0.688. The molecule has 1 aromatic carbocycles. The Labute approximate surface area is 340 Å². The SMILES string of the molecule is CCC[C@H](NC(=O)[C@@H]1C[C@@H](OC(=O)N2Cc3ccc(C(F)(F)F)cc3C2)CN1C(=O)[C@@H](NC(=O)OC(C)(C)C)C1CCCCC1)B1O[C@@H]2C[C@@H]3C[C@@H](C3(C)C)[C@]2(C)O1. The van der Waals surface area contributed by atoms with Gasteiger partial charge in [-0.1, -0.05) is 52.5 Å². The first-order chi connectivity index (χ1) is 27.2. The van der Waals surface area contributed by atoms with Crippen LogP contribution in [-0.4, -0.2) is 88.9 Å². The third-order valence-corrected chi connectivity index (χ3v) is 13.9. The fraction of sp³-hybridized carbons (Fsp3) is 0.762. The minimum Gasteiger partial charge on any atom is -0.444 e. The van der Waals surface area contributed by atoms with E-state index in [0.29, 0.717) is 42.2 Å². The van der Waals surface area contributed by atoms with E-state index >= 15 is 0 Å². The van der Waals surface area contributed by atoms with Crippen LogP contribution in [0.3, 0.4) is 0 Å². The molecule has 3 heterocycles. The third kappa shape index (κ3) is 8.42. The van der Waals surface area contributed by atoms with Crippen LogP contribution in [0.1, 0.15) is 129 Å². The van der Waals surface area contributed by atoms with Crippen LogP contribution in [0.15, 0.2) is 18.2 Å². The van der Waals surface area contributed by atoms with Crippen LogP contribution in [-0.2, 0) is 47.6 Å². The van der Waals surface area contributed by atoms with E-state index in [1.807, 2.05) is 6.92 Å². The number of amides is 4. The number of hydrogen-bond donors (Lipinski definition) is 2. The normalized spacial score (nSPS) is 30.2. The number of hydrogen-bond acceptors (Lipinski definition) is 8. The van der Waals surface area contributed by atoms with Gasteiger partial charge in [-0.2, -0.15) is 13.2 Å². The van der Waals surface area contributed by atoms with Gasteiger partial charge in [0.05, 0.1) is 29.8 Å². The second-order valence-electron chi connectivity index (χ2n) is 19.3. The molecule has 1 aromatic rings. The van der Waals surface area contributed by atoms with Crippen molar-refractivity contribution in [1.29, 1.82) is 0 Å². The number of nitrogens with one attached hydrogen (secondary N) is 2. The van der Waals surface area contributed by atoms with Gasteiger partial charge in [0.1, 0.15) is 23.8 Å². The predicted molar refractivity (Wildman–Crippen MR) is 208 cm³/mol. The van der Waals surface area contributed by atoms with Crippen molar-refractivity contribution in [1.82, 2.24) is 20.4 Å². The summed E-state index contributed by atoms with van der Waals surface area (Å²) in [6, 6.07) is 1.37. The topological polar surface area (TPSA) is 136 Å². The van der Waals surface area contributed by atoms with Gasteiger partial charge in [0.25, 0.3) is 0 Å². The highest BCUT2D eigenvalue weighted by molar-refractivity contribution is 6.48. The Kier molecular flexibility index (Phi) is 11.6. The van der Waals surface area contributed by atoms with Crippen molar-refractivity contribution in [2.75, 3.05) is 6.54 Å². The van der Waals surface area contributed by atoms with E-state index in [0.717, 1.165) is 50.7 Å². The number of fused-ring (bicyclic) bond motifs is 1. The molecule has 0 radical (unpaired) electrons. The summed E-state index contributed by atoms with van der Waals surface area (Å²) >= 11 is 0. The standard InChI is InChI=1S/C42H60BF3N4O8/c1-8-12-33(43-57-32-19-28-18-31(40(28,5)6)41(32,7)58-43)47-35(51)30-20-29(55-38(54)49-21-25-15-16-27(42(44,45)46)17-26(25)22-49)23-50(30)36(52)34(24-13-10-9-11-14-24)48-37(53)56-39(2,3)4/h15-17,24,28-34H,8-14,18-23H2,1-7H3,(H,47,51)(H,48,53)/t28-,29+,30-,31-,32+,33-,34-,41-/m0/s1. The molecule has 6 fully saturated rings. The summed E-state index contributed by atoms with van der Waals surface area (Å²) in [6.45, 7) is 13.8. The van der Waals surface area contributed by atoms with Crippen molar-refractivity contribution < 1.29 is 51.1 Å². The molecule has 4 amide bonds. The first-order valence-electron chi connectivity index (χ1n) is 21.3. The Balaban J connectivity index is 1.11. The van der Waals surface area contributed by atoms with Gasteiger partial charge in [-0.05, 0) is 106 Å². The number of alkyl halides is 3. The lowest BCUT2D eigenvalue weighted by Gasteiger charge is -2.64. The summed E-state index contributed by atoms with van der Waals surface area (Å²) in [5.74, 6) is -0.752. The molecule has 3 aliphatic heterocycles. The highest BCUT2D eigenvalue weighted by Crippen LogP contribution is 2.65. The average Bonchev–Trinajstić information content (AvgIpc) is 3.87. The second-order valence-corrected chi connectivity index (χ2v) is 19.3. The largest absolute Gasteiger partial charge is 0.481 e. The fourth-order valence-corrected chi connectivity index (χ4v) is 10.7. The number of nitrogens with zero attached hydrogens (tertiary/aromatic N) is 2. The molecule has 58 heavy (non-hydrogen) atoms. The Morgan fingerprint density at radius 2 is 1.69 bits per heavy atom. The highest BCUT2D eigenvalue weighted by Gasteiger charge is 2.68. The first kappa shape index (κ1) is 42.6. The third-order valence-electron chi connectivity index (χ3n) is 13.9. The molecule has 4 aliphatic carbocycles. The molecule has 0 aromatic heterocycles. The molecule has 16 heteroatoms. The number of carbonyl (C=O) groups excluding carboxylic acids is 4. The monoisotopic (exact) mass is 816 g/mol. The van der Waals surface area contributed by atoms with Crippen LogP contribution < -0.4 is 10.6 Å². The van der Waals surface area contributed by atoms with Gasteiger partial charge in [-0.3, -0.25) is 14.5 Å². The van der Waals surface area contributed by atoms with Gasteiger partial charge in [-0.15, -0.1) is 0 Å². The molecule has 2 N–H and O–H groups in total. The Hall–Kier alpha value is -3.53. The summed E-state index contributed by atoms with van der Waals surface area (Å²) < 4.78 is 65.2. The lowest BCUT2D eigenvalue weighted by molar-refractivity contribution is -0.199. The highest BCUT2D eigenvalue weighted by atomic mass is 19.4. The van der Waals surface area contributed by atoms with Crippen molar-refractivity contribution >= 4 is 31.1 Å². The van der Waals surface area contributed by atoms with Gasteiger partial charge in [-0.25, -0.2) is 9.59 Å². The zero-order valence-electron chi connectivity index (χ0n) is 34.9. The quantitative estimate of drug-likeness (QED) is 0.251. The minimum atomic E-state index is -4.52.